The number of nitrogens with zero attached hydrogens (tertiary/aromatic N) is 2. The van der Waals surface area contributed by atoms with Crippen LogP contribution in [-0.4, -0.2) is 47.0 Å². The Hall–Kier alpha value is -0.0200. The van der Waals surface area contributed by atoms with Gasteiger partial charge < -0.3 is 4.74 Å². The molecule has 2 nitrogen and oxygen atoms in total. The highest BCUT2D eigenvalue weighted by atomic mass is 31.2. The molecule has 0 aliphatic carbocycles. The van der Waals surface area contributed by atoms with Crippen LogP contribution in [0, 0.1) is 0 Å². The molecule has 0 spiro atoms. The molecule has 1 aromatic rings. The molecule has 0 N–H and O–H groups in total. The molecule has 0 amide bonds. The summed E-state index contributed by atoms with van der Waals surface area (Å²) in [6.07, 6.45) is 1.23. The van der Waals surface area contributed by atoms with Crippen molar-refractivity contribution in [2.45, 2.75) is 47.5 Å². The monoisotopic (exact) mass is 407 g/mol. The van der Waals surface area contributed by atoms with Gasteiger partial charge in [0.25, 0.3) is 0 Å². The zero-order valence-corrected chi connectivity index (χ0v) is 20.7. The van der Waals surface area contributed by atoms with Gasteiger partial charge in [-0.1, -0.05) is 65.5 Å². The largest absolute Gasteiger partial charge is 0.307 e. The van der Waals surface area contributed by atoms with Crippen LogP contribution < -0.4 is 0 Å². The van der Waals surface area contributed by atoms with E-state index < -0.39 is 14.5 Å². The molecular formula is C20H46N2P3+. The Balaban J connectivity index is -0.000000130. The minimum Gasteiger partial charge on any atom is -0.307 e. The molecule has 5 heteroatoms. The predicted molar refractivity (Wildman–Crippen MR) is 132 cm³/mol. The summed E-state index contributed by atoms with van der Waals surface area (Å²) < 4.78 is 8.07. The summed E-state index contributed by atoms with van der Waals surface area (Å²) in [5.74, 6) is 0.709. The Morgan fingerprint density at radius 1 is 1.04 bits per heavy atom. The van der Waals surface area contributed by atoms with Crippen LogP contribution in [0.1, 0.15) is 53.0 Å². The molecular weight excluding hydrogens is 361 g/mol. The van der Waals surface area contributed by atoms with Crippen molar-refractivity contribution in [3.05, 3.63) is 35.9 Å². The molecule has 0 heterocycles. The molecule has 1 aromatic carbocycles. The fraction of sp³-hybridized carbons (Fsp3) is 0.700. The van der Waals surface area contributed by atoms with Crippen LogP contribution in [0.5, 0.6) is 0 Å². The Labute approximate surface area is 163 Å². The van der Waals surface area contributed by atoms with Crippen molar-refractivity contribution >= 4 is 23.5 Å². The van der Waals surface area contributed by atoms with Crippen LogP contribution >= 0.6 is 23.5 Å². The van der Waals surface area contributed by atoms with E-state index in [4.69, 9.17) is 0 Å². The number of benzene rings is 1. The minimum atomic E-state index is -0.858. The summed E-state index contributed by atoms with van der Waals surface area (Å²) in [4.78, 5) is 0. The van der Waals surface area contributed by atoms with E-state index in [9.17, 15) is 0 Å². The predicted octanol–water partition coefficient (Wildman–Crippen LogP) is 8.70. The molecule has 0 radical (unpaired) electrons. The summed E-state index contributed by atoms with van der Waals surface area (Å²) in [6.45, 7) is 21.5. The molecule has 0 saturated heterocycles. The van der Waals surface area contributed by atoms with Crippen LogP contribution in [0.4, 0.5) is 0 Å². The molecule has 0 bridgehead atoms. The van der Waals surface area contributed by atoms with E-state index in [1.54, 1.807) is 0 Å². The first-order valence-corrected chi connectivity index (χ1v) is 15.3. The lowest BCUT2D eigenvalue weighted by Gasteiger charge is -2.06. The van der Waals surface area contributed by atoms with E-state index in [1.165, 1.54) is 12.0 Å². The lowest BCUT2D eigenvalue weighted by Crippen LogP contribution is -1.88. The fourth-order valence-corrected chi connectivity index (χ4v) is 1.02. The quantitative estimate of drug-likeness (QED) is 0.448. The summed E-state index contributed by atoms with van der Waals surface area (Å²) in [7, 11) is 3.34. The van der Waals surface area contributed by atoms with Gasteiger partial charge in [-0.05, 0) is 45.0 Å². The molecule has 0 fully saturated rings. The highest BCUT2D eigenvalue weighted by Crippen LogP contribution is 2.48. The first-order chi connectivity index (χ1) is 11.0. The third-order valence-electron chi connectivity index (χ3n) is 2.88. The summed E-state index contributed by atoms with van der Waals surface area (Å²) >= 11 is 0. The second-order valence-corrected chi connectivity index (χ2v) is 15.9. The van der Waals surface area contributed by atoms with Crippen molar-refractivity contribution < 1.29 is 0 Å². The van der Waals surface area contributed by atoms with Crippen LogP contribution in [0.2, 0.25) is 0 Å². The van der Waals surface area contributed by atoms with Crippen LogP contribution in [0.3, 0.4) is 0 Å². The van der Waals surface area contributed by atoms with E-state index >= 15 is 0 Å². The van der Waals surface area contributed by atoms with Crippen molar-refractivity contribution in [3.63, 3.8) is 0 Å². The molecule has 25 heavy (non-hydrogen) atoms. The van der Waals surface area contributed by atoms with Gasteiger partial charge >= 0.3 is 0 Å². The highest BCUT2D eigenvalue weighted by molar-refractivity contribution is 7.74. The summed E-state index contributed by atoms with van der Waals surface area (Å²) in [6, 6.07) is 10.6. The van der Waals surface area contributed by atoms with Gasteiger partial charge in [0, 0.05) is 16.1 Å². The molecule has 150 valence electrons. The number of rotatable bonds is 3. The van der Waals surface area contributed by atoms with Gasteiger partial charge in [0.05, 0.1) is 20.0 Å². The minimum absolute atomic E-state index is 0. The van der Waals surface area contributed by atoms with Crippen molar-refractivity contribution in [1.29, 1.82) is 0 Å². The standard InChI is InChI=1S/C10H14.C4H12NP.C3H10NP2.C2H6.CH4/c1-3-9(2)10-7-5-4-6-8-10;1-5-6(2,3)4;1-6(2,3)4-5;1-2;/h4-9H,3H2,1-2H3;1-4H3;5H,1-3H3;1-2H3;1H4/q;;+1;;. The number of hydrogen-bond donors (Lipinski definition) is 0. The molecule has 0 aliphatic rings. The topological polar surface area (TPSA) is 24.7 Å². The zero-order valence-electron chi connectivity index (χ0n) is 18.0. The molecule has 0 saturated carbocycles. The summed E-state index contributed by atoms with van der Waals surface area (Å²) in [5, 5.41) is 0. The Morgan fingerprint density at radius 2 is 1.36 bits per heavy atom. The maximum Gasteiger partial charge on any atom is 0.128 e. The van der Waals surface area contributed by atoms with Gasteiger partial charge in [-0.3, -0.25) is 0 Å². The van der Waals surface area contributed by atoms with Crippen molar-refractivity contribution in [2.75, 3.05) is 47.0 Å². The molecule has 1 rings (SSSR count). The average molecular weight is 408 g/mol. The zero-order chi connectivity index (χ0) is 19.8. The van der Waals surface area contributed by atoms with Gasteiger partial charge in [-0.2, -0.15) is 0 Å². The van der Waals surface area contributed by atoms with E-state index in [2.05, 4.69) is 102 Å². The first-order valence-electron chi connectivity index (χ1n) is 8.65. The van der Waals surface area contributed by atoms with Gasteiger partial charge in [0.1, 0.15) is 7.41 Å². The molecule has 0 aromatic heterocycles. The fourth-order valence-electron chi connectivity index (χ4n) is 1.02. The molecule has 1 unspecified atom stereocenters. The van der Waals surface area contributed by atoms with Crippen molar-refractivity contribution in [1.82, 2.24) is 0 Å². The van der Waals surface area contributed by atoms with Gasteiger partial charge in [-0.15, -0.1) is 4.52 Å². The van der Waals surface area contributed by atoms with Crippen LogP contribution in [0.15, 0.2) is 39.6 Å². The van der Waals surface area contributed by atoms with Crippen LogP contribution in [-0.2, 0) is 0 Å². The maximum absolute atomic E-state index is 4.13. The van der Waals surface area contributed by atoms with E-state index in [0.29, 0.717) is 5.92 Å². The lowest BCUT2D eigenvalue weighted by molar-refractivity contribution is 0.733. The van der Waals surface area contributed by atoms with E-state index in [0.717, 1.165) is 0 Å². The third kappa shape index (κ3) is 29.0. The van der Waals surface area contributed by atoms with Gasteiger partial charge in [-0.25, -0.2) is 0 Å². The normalized spacial score (nSPS) is 10.8. The SMILES string of the molecule is C.CC.CCC(C)c1ccccc1.CN=P(C)(C)C.C[P+](C)(C)N=P. The smallest absolute Gasteiger partial charge is 0.128 e. The van der Waals surface area contributed by atoms with Gasteiger partial charge in [0.15, 0.2) is 0 Å². The average Bonchev–Trinajstić information content (AvgIpc) is 2.56. The maximum atomic E-state index is 4.13. The van der Waals surface area contributed by atoms with E-state index in [1.807, 2.05) is 20.9 Å². The Kier molecular flexibility index (Phi) is 24.5. The number of hydrogen-bond acceptors (Lipinski definition) is 2. The Morgan fingerprint density at radius 3 is 1.56 bits per heavy atom. The second-order valence-electron chi connectivity index (χ2n) is 6.90. The Bertz CT molecular complexity index is 437. The second kappa shape index (κ2) is 18.8. The lowest BCUT2D eigenvalue weighted by atomic mass is 9.99. The van der Waals surface area contributed by atoms with Crippen molar-refractivity contribution in [2.24, 2.45) is 9.26 Å². The molecule has 1 atom stereocenters. The first kappa shape index (κ1) is 32.6. The third-order valence-corrected chi connectivity index (χ3v) is 6.48. The van der Waals surface area contributed by atoms with Crippen molar-refractivity contribution in [3.8, 4) is 0 Å². The van der Waals surface area contributed by atoms with Gasteiger partial charge in [0.2, 0.25) is 0 Å². The van der Waals surface area contributed by atoms with Crippen LogP contribution in [0.25, 0.3) is 0 Å². The van der Waals surface area contributed by atoms with E-state index in [-0.39, 0.29) is 7.43 Å². The molecule has 0 aliphatic heterocycles. The summed E-state index contributed by atoms with van der Waals surface area (Å²) in [5.41, 5.74) is 1.45. The highest BCUT2D eigenvalue weighted by Gasteiger charge is 2.11.